The number of unbranched alkanes of at least 4 members (excludes halogenated alkanes) is 1. The van der Waals surface area contributed by atoms with Gasteiger partial charge in [0.05, 0.1) is 5.52 Å². The number of benzene rings is 1. The average molecular weight is 345 g/mol. The lowest BCUT2D eigenvalue weighted by atomic mass is 10.2. The molecule has 0 aliphatic carbocycles. The summed E-state index contributed by atoms with van der Waals surface area (Å²) in [6.07, 6.45) is 9.07. The molecule has 0 bridgehead atoms. The number of nitrogens with one attached hydrogen (secondary N) is 1. The third kappa shape index (κ3) is 3.66. The van der Waals surface area contributed by atoms with Gasteiger partial charge < -0.3 is 9.88 Å². The predicted octanol–water partition coefficient (Wildman–Crippen LogP) is 3.18. The molecular weight excluding hydrogens is 326 g/mol. The molecule has 1 aromatic carbocycles. The molecule has 0 radical (unpaired) electrons. The van der Waals surface area contributed by atoms with E-state index < -0.39 is 0 Å². The van der Waals surface area contributed by atoms with E-state index in [-0.39, 0.29) is 0 Å². The molecule has 26 heavy (non-hydrogen) atoms. The van der Waals surface area contributed by atoms with Crippen molar-refractivity contribution in [2.45, 2.75) is 19.4 Å². The quantitative estimate of drug-likeness (QED) is 0.518. The highest BCUT2D eigenvalue weighted by molar-refractivity contribution is 5.90. The van der Waals surface area contributed by atoms with E-state index in [4.69, 9.17) is 4.98 Å². The van der Waals surface area contributed by atoms with Crippen LogP contribution < -0.4 is 5.32 Å². The molecule has 0 saturated carbocycles. The summed E-state index contributed by atoms with van der Waals surface area (Å²) in [5.74, 6) is 1.57. The van der Waals surface area contributed by atoms with Gasteiger partial charge in [0.25, 0.3) is 0 Å². The maximum atomic E-state index is 4.74. The van der Waals surface area contributed by atoms with Crippen molar-refractivity contribution < 1.29 is 0 Å². The molecule has 0 fully saturated rings. The van der Waals surface area contributed by atoms with Crippen LogP contribution in [-0.4, -0.2) is 36.3 Å². The first kappa shape index (κ1) is 16.1. The molecule has 3 heterocycles. The zero-order valence-electron chi connectivity index (χ0n) is 14.3. The molecule has 7 heteroatoms. The van der Waals surface area contributed by atoms with E-state index in [1.165, 1.54) is 0 Å². The van der Waals surface area contributed by atoms with Gasteiger partial charge in [-0.15, -0.1) is 10.2 Å². The Balaban J connectivity index is 1.49. The van der Waals surface area contributed by atoms with Crippen LogP contribution in [-0.2, 0) is 6.54 Å². The Hall–Kier alpha value is -3.35. The number of rotatable bonds is 7. The third-order valence-electron chi connectivity index (χ3n) is 4.14. The molecule has 0 amide bonds. The summed E-state index contributed by atoms with van der Waals surface area (Å²) < 4.78 is 1.99. The van der Waals surface area contributed by atoms with Crippen LogP contribution in [0.15, 0.2) is 61.4 Å². The molecule has 0 saturated heterocycles. The summed E-state index contributed by atoms with van der Waals surface area (Å²) in [7, 11) is 0. The fourth-order valence-corrected chi connectivity index (χ4v) is 2.81. The minimum absolute atomic E-state index is 0.707. The van der Waals surface area contributed by atoms with Crippen molar-refractivity contribution in [1.29, 1.82) is 0 Å². The lowest BCUT2D eigenvalue weighted by Gasteiger charge is -2.11. The summed E-state index contributed by atoms with van der Waals surface area (Å²) in [6.45, 7) is 1.76. The van der Waals surface area contributed by atoms with Crippen molar-refractivity contribution in [3.8, 4) is 11.4 Å². The lowest BCUT2D eigenvalue weighted by Crippen LogP contribution is -2.07. The van der Waals surface area contributed by atoms with Gasteiger partial charge in [0.2, 0.25) is 0 Å². The molecule has 3 aromatic heterocycles. The van der Waals surface area contributed by atoms with Crippen LogP contribution in [0, 0.1) is 0 Å². The Morgan fingerprint density at radius 1 is 0.885 bits per heavy atom. The number of aromatic nitrogens is 6. The zero-order valence-corrected chi connectivity index (χ0v) is 14.3. The number of fused-ring (bicyclic) bond motifs is 1. The van der Waals surface area contributed by atoms with E-state index in [9.17, 15) is 0 Å². The first-order valence-corrected chi connectivity index (χ1v) is 8.63. The van der Waals surface area contributed by atoms with Crippen molar-refractivity contribution in [2.75, 3.05) is 11.9 Å². The van der Waals surface area contributed by atoms with Gasteiger partial charge in [-0.1, -0.05) is 12.1 Å². The van der Waals surface area contributed by atoms with E-state index in [0.717, 1.165) is 48.2 Å². The van der Waals surface area contributed by atoms with Gasteiger partial charge in [0, 0.05) is 36.4 Å². The van der Waals surface area contributed by atoms with E-state index in [2.05, 4.69) is 25.5 Å². The van der Waals surface area contributed by atoms with Crippen LogP contribution in [0.4, 0.5) is 5.82 Å². The number of para-hydroxylation sites is 1. The molecule has 0 aliphatic heterocycles. The molecule has 0 atom stereocenters. The van der Waals surface area contributed by atoms with E-state index >= 15 is 0 Å². The highest BCUT2D eigenvalue weighted by Gasteiger charge is 2.08. The molecule has 1 N–H and O–H groups in total. The second-order valence-corrected chi connectivity index (χ2v) is 5.98. The van der Waals surface area contributed by atoms with Gasteiger partial charge in [-0.25, -0.2) is 9.97 Å². The van der Waals surface area contributed by atoms with Crippen LogP contribution in [0.25, 0.3) is 22.3 Å². The van der Waals surface area contributed by atoms with Crippen LogP contribution in [0.3, 0.4) is 0 Å². The fraction of sp³-hybridized carbons (Fsp3) is 0.211. The molecule has 7 nitrogen and oxygen atoms in total. The van der Waals surface area contributed by atoms with Crippen molar-refractivity contribution in [2.24, 2.45) is 0 Å². The van der Waals surface area contributed by atoms with Crippen molar-refractivity contribution in [3.63, 3.8) is 0 Å². The van der Waals surface area contributed by atoms with Gasteiger partial charge in [-0.3, -0.25) is 4.98 Å². The number of anilines is 1. The van der Waals surface area contributed by atoms with Crippen LogP contribution in [0.1, 0.15) is 12.8 Å². The molecule has 130 valence electrons. The Kier molecular flexibility index (Phi) is 4.77. The SMILES string of the molecule is c1ccc2c(NCCCCn3cnnc3)nc(-c3ccncc3)nc2c1. The highest BCUT2D eigenvalue weighted by atomic mass is 15.2. The number of nitrogens with zero attached hydrogens (tertiary/aromatic N) is 6. The Bertz CT molecular complexity index is 968. The Morgan fingerprint density at radius 3 is 2.54 bits per heavy atom. The topological polar surface area (TPSA) is 81.4 Å². The molecule has 0 aliphatic rings. The van der Waals surface area contributed by atoms with Crippen LogP contribution in [0.2, 0.25) is 0 Å². The summed E-state index contributed by atoms with van der Waals surface area (Å²) >= 11 is 0. The monoisotopic (exact) mass is 345 g/mol. The second kappa shape index (κ2) is 7.69. The van der Waals surface area contributed by atoms with E-state index in [1.807, 2.05) is 41.0 Å². The smallest absolute Gasteiger partial charge is 0.162 e. The minimum atomic E-state index is 0.707. The zero-order chi connectivity index (χ0) is 17.6. The Labute approximate surface area is 151 Å². The van der Waals surface area contributed by atoms with Gasteiger partial charge in [-0.05, 0) is 37.1 Å². The van der Waals surface area contributed by atoms with Crippen LogP contribution >= 0.6 is 0 Å². The highest BCUT2D eigenvalue weighted by Crippen LogP contribution is 2.24. The normalized spacial score (nSPS) is 10.9. The van der Waals surface area contributed by atoms with E-state index in [0.29, 0.717) is 5.82 Å². The summed E-state index contributed by atoms with van der Waals surface area (Å²) in [5.41, 5.74) is 1.89. The standard InChI is InChI=1S/C19H19N7/c1-2-6-17-16(5-1)19(21-9-3-4-12-26-13-22-23-14-26)25-18(24-17)15-7-10-20-11-8-15/h1-2,5-8,10-11,13-14H,3-4,9,12H2,(H,21,24,25). The number of hydrogen-bond acceptors (Lipinski definition) is 6. The lowest BCUT2D eigenvalue weighted by molar-refractivity contribution is 0.619. The fourth-order valence-electron chi connectivity index (χ4n) is 2.81. The molecular formula is C19H19N7. The predicted molar refractivity (Wildman–Crippen MR) is 101 cm³/mol. The summed E-state index contributed by atoms with van der Waals surface area (Å²) in [4.78, 5) is 13.5. The first-order valence-electron chi connectivity index (χ1n) is 8.63. The first-order chi connectivity index (χ1) is 12.9. The van der Waals surface area contributed by atoms with Crippen molar-refractivity contribution in [3.05, 3.63) is 61.4 Å². The second-order valence-electron chi connectivity index (χ2n) is 5.98. The van der Waals surface area contributed by atoms with Crippen molar-refractivity contribution >= 4 is 16.7 Å². The number of aryl methyl sites for hydroxylation is 1. The maximum Gasteiger partial charge on any atom is 0.162 e. The van der Waals surface area contributed by atoms with E-state index in [1.54, 1.807) is 25.0 Å². The molecule has 0 unspecified atom stereocenters. The Morgan fingerprint density at radius 2 is 1.69 bits per heavy atom. The summed E-state index contributed by atoms with van der Waals surface area (Å²) in [6, 6.07) is 11.9. The molecule has 0 spiro atoms. The molecule has 4 aromatic rings. The average Bonchev–Trinajstić information content (AvgIpc) is 3.21. The van der Waals surface area contributed by atoms with Gasteiger partial charge >= 0.3 is 0 Å². The maximum absolute atomic E-state index is 4.74. The van der Waals surface area contributed by atoms with Crippen molar-refractivity contribution in [1.82, 2.24) is 29.7 Å². The third-order valence-corrected chi connectivity index (χ3v) is 4.14. The largest absolute Gasteiger partial charge is 0.369 e. The summed E-state index contributed by atoms with van der Waals surface area (Å²) in [5, 5.41) is 12.1. The number of hydrogen-bond donors (Lipinski definition) is 1. The minimum Gasteiger partial charge on any atom is -0.369 e. The van der Waals surface area contributed by atoms with Gasteiger partial charge in [0.1, 0.15) is 18.5 Å². The van der Waals surface area contributed by atoms with Crippen LogP contribution in [0.5, 0.6) is 0 Å². The molecule has 4 rings (SSSR count). The van der Waals surface area contributed by atoms with Gasteiger partial charge in [-0.2, -0.15) is 0 Å². The van der Waals surface area contributed by atoms with Gasteiger partial charge in [0.15, 0.2) is 5.82 Å². The number of pyridine rings is 1.